The molecule has 4 rings (SSSR count). The van der Waals surface area contributed by atoms with Gasteiger partial charge in [-0.2, -0.15) is 0 Å². The number of hydrogen-bond donors (Lipinski definition) is 0. The Morgan fingerprint density at radius 2 is 1.12 bits per heavy atom. The maximum Gasteiger partial charge on any atom is 0.336 e. The van der Waals surface area contributed by atoms with E-state index in [1.54, 1.807) is 24.3 Å². The first-order valence-electron chi connectivity index (χ1n) is 7.76. The van der Waals surface area contributed by atoms with Crippen LogP contribution < -0.4 is 16.0 Å². The molecular weight excluding hydrogens is 320 g/mol. The van der Waals surface area contributed by atoms with Crippen molar-refractivity contribution in [3.8, 4) is 11.5 Å². The van der Waals surface area contributed by atoms with Gasteiger partial charge in [0.1, 0.15) is 22.7 Å². The molecule has 4 aromatic rings. The summed E-state index contributed by atoms with van der Waals surface area (Å²) in [6.07, 6.45) is 0. The summed E-state index contributed by atoms with van der Waals surface area (Å²) in [7, 11) is 0. The maximum absolute atomic E-state index is 11.4. The molecule has 0 saturated heterocycles. The van der Waals surface area contributed by atoms with E-state index in [0.29, 0.717) is 22.7 Å². The van der Waals surface area contributed by atoms with Gasteiger partial charge in [-0.15, -0.1) is 0 Å². The summed E-state index contributed by atoms with van der Waals surface area (Å²) in [4.78, 5) is 22.9. The molecule has 0 aliphatic carbocycles. The highest BCUT2D eigenvalue weighted by molar-refractivity contribution is 5.83. The van der Waals surface area contributed by atoms with E-state index in [1.165, 1.54) is 12.1 Å². The summed E-state index contributed by atoms with van der Waals surface area (Å²) in [6, 6.07) is 13.5. The lowest BCUT2D eigenvalue weighted by atomic mass is 10.1. The van der Waals surface area contributed by atoms with Gasteiger partial charge in [-0.25, -0.2) is 9.59 Å². The fourth-order valence-electron chi connectivity index (χ4n) is 2.86. The molecule has 2 heterocycles. The van der Waals surface area contributed by atoms with Crippen molar-refractivity contribution in [2.45, 2.75) is 13.8 Å². The van der Waals surface area contributed by atoms with Gasteiger partial charge >= 0.3 is 11.3 Å². The van der Waals surface area contributed by atoms with E-state index in [1.807, 2.05) is 26.0 Å². The topological polar surface area (TPSA) is 69.7 Å². The second kappa shape index (κ2) is 5.63. The first-order chi connectivity index (χ1) is 12.0. The van der Waals surface area contributed by atoms with Crippen molar-refractivity contribution in [3.63, 3.8) is 0 Å². The summed E-state index contributed by atoms with van der Waals surface area (Å²) in [6.45, 7) is 3.70. The van der Waals surface area contributed by atoms with Crippen LogP contribution in [-0.2, 0) is 0 Å². The molecule has 0 aliphatic heterocycles. The quantitative estimate of drug-likeness (QED) is 0.511. The normalized spacial score (nSPS) is 11.1. The van der Waals surface area contributed by atoms with Gasteiger partial charge in [0.15, 0.2) is 0 Å². The van der Waals surface area contributed by atoms with Crippen LogP contribution >= 0.6 is 0 Å². The van der Waals surface area contributed by atoms with E-state index >= 15 is 0 Å². The molecule has 0 radical (unpaired) electrons. The van der Waals surface area contributed by atoms with Crippen LogP contribution in [0.25, 0.3) is 21.9 Å². The Kier molecular flexibility index (Phi) is 3.42. The zero-order chi connectivity index (χ0) is 17.6. The lowest BCUT2D eigenvalue weighted by molar-refractivity contribution is 0.482. The molecule has 2 aromatic heterocycles. The first kappa shape index (κ1) is 15.2. The maximum atomic E-state index is 11.4. The summed E-state index contributed by atoms with van der Waals surface area (Å²) >= 11 is 0. The molecule has 0 spiro atoms. The van der Waals surface area contributed by atoms with Crippen LogP contribution in [0.3, 0.4) is 0 Å². The van der Waals surface area contributed by atoms with E-state index < -0.39 is 0 Å². The molecule has 0 aliphatic rings. The predicted molar refractivity (Wildman–Crippen MR) is 94.5 cm³/mol. The molecule has 5 heteroatoms. The second-order valence-electron chi connectivity index (χ2n) is 5.91. The van der Waals surface area contributed by atoms with Gasteiger partial charge in [0, 0.05) is 22.9 Å². The fourth-order valence-corrected chi connectivity index (χ4v) is 2.86. The highest BCUT2D eigenvalue weighted by Crippen LogP contribution is 2.29. The Labute approximate surface area is 142 Å². The molecule has 0 atom stereocenters. The van der Waals surface area contributed by atoms with Crippen molar-refractivity contribution in [2.75, 3.05) is 0 Å². The molecule has 124 valence electrons. The lowest BCUT2D eigenvalue weighted by Crippen LogP contribution is -1.98. The van der Waals surface area contributed by atoms with Gasteiger partial charge in [0.05, 0.1) is 0 Å². The number of rotatable bonds is 2. The van der Waals surface area contributed by atoms with Crippen molar-refractivity contribution in [2.24, 2.45) is 0 Å². The van der Waals surface area contributed by atoms with Gasteiger partial charge in [0.25, 0.3) is 0 Å². The van der Waals surface area contributed by atoms with Crippen LogP contribution in [-0.4, -0.2) is 0 Å². The summed E-state index contributed by atoms with van der Waals surface area (Å²) < 4.78 is 16.3. The summed E-state index contributed by atoms with van der Waals surface area (Å²) in [5.41, 5.74) is 1.96. The molecule has 25 heavy (non-hydrogen) atoms. The summed E-state index contributed by atoms with van der Waals surface area (Å²) in [5, 5.41) is 1.64. The minimum Gasteiger partial charge on any atom is -0.457 e. The van der Waals surface area contributed by atoms with Crippen molar-refractivity contribution in [3.05, 3.63) is 80.5 Å². The van der Waals surface area contributed by atoms with Crippen LogP contribution in [0.4, 0.5) is 0 Å². The Hall–Kier alpha value is -3.34. The van der Waals surface area contributed by atoms with Crippen molar-refractivity contribution < 1.29 is 13.6 Å². The Balaban J connectivity index is 1.77. The number of hydrogen-bond acceptors (Lipinski definition) is 5. The van der Waals surface area contributed by atoms with Gasteiger partial charge in [-0.3, -0.25) is 0 Å². The lowest BCUT2D eigenvalue weighted by Gasteiger charge is -2.09. The summed E-state index contributed by atoms with van der Waals surface area (Å²) in [5.74, 6) is 1.25. The van der Waals surface area contributed by atoms with E-state index in [-0.39, 0.29) is 11.3 Å². The van der Waals surface area contributed by atoms with Gasteiger partial charge in [0.2, 0.25) is 0 Å². The largest absolute Gasteiger partial charge is 0.457 e. The van der Waals surface area contributed by atoms with Crippen molar-refractivity contribution >= 4 is 21.9 Å². The molecule has 5 nitrogen and oxygen atoms in total. The molecule has 0 saturated carbocycles. The van der Waals surface area contributed by atoms with Gasteiger partial charge < -0.3 is 13.6 Å². The standard InChI is InChI=1S/C20H14O5/c1-11-7-19(21)24-17-5-3-13(9-15(11)17)23-14-4-6-18-16(10-14)12(2)8-20(22)25-18/h3-10H,1-2H3. The minimum absolute atomic E-state index is 0.370. The second-order valence-corrected chi connectivity index (χ2v) is 5.91. The molecule has 0 fully saturated rings. The third kappa shape index (κ3) is 2.80. The number of benzene rings is 2. The molecule has 2 aromatic carbocycles. The van der Waals surface area contributed by atoms with Crippen LogP contribution in [0.15, 0.2) is 67.0 Å². The van der Waals surface area contributed by atoms with Crippen LogP contribution in [0.1, 0.15) is 11.1 Å². The van der Waals surface area contributed by atoms with Crippen molar-refractivity contribution in [1.82, 2.24) is 0 Å². The fraction of sp³-hybridized carbons (Fsp3) is 0.100. The average Bonchev–Trinajstić information content (AvgIpc) is 2.56. The third-order valence-electron chi connectivity index (χ3n) is 4.08. The Bertz CT molecular complexity index is 1130. The molecule has 0 amide bonds. The smallest absolute Gasteiger partial charge is 0.336 e. The van der Waals surface area contributed by atoms with E-state index in [9.17, 15) is 9.59 Å². The van der Waals surface area contributed by atoms with Crippen LogP contribution in [0.5, 0.6) is 11.5 Å². The van der Waals surface area contributed by atoms with Crippen LogP contribution in [0, 0.1) is 13.8 Å². The minimum atomic E-state index is -0.370. The zero-order valence-electron chi connectivity index (χ0n) is 13.7. The van der Waals surface area contributed by atoms with E-state index in [0.717, 1.165) is 21.9 Å². The number of fused-ring (bicyclic) bond motifs is 2. The average molecular weight is 334 g/mol. The Morgan fingerprint density at radius 1 is 0.680 bits per heavy atom. The highest BCUT2D eigenvalue weighted by Gasteiger charge is 2.07. The van der Waals surface area contributed by atoms with Gasteiger partial charge in [-0.1, -0.05) is 0 Å². The predicted octanol–water partition coefficient (Wildman–Crippen LogP) is 4.31. The third-order valence-corrected chi connectivity index (χ3v) is 4.08. The number of ether oxygens (including phenoxy) is 1. The SMILES string of the molecule is Cc1cc(=O)oc2ccc(Oc3ccc4oc(=O)cc(C)c4c3)cc12. The van der Waals surface area contributed by atoms with Gasteiger partial charge in [-0.05, 0) is 61.4 Å². The molecule has 0 unspecified atom stereocenters. The molecule has 0 N–H and O–H groups in total. The highest BCUT2D eigenvalue weighted by atomic mass is 16.5. The Morgan fingerprint density at radius 3 is 1.56 bits per heavy atom. The molecule has 0 bridgehead atoms. The first-order valence-corrected chi connectivity index (χ1v) is 7.76. The van der Waals surface area contributed by atoms with E-state index in [4.69, 9.17) is 13.6 Å². The van der Waals surface area contributed by atoms with Crippen molar-refractivity contribution in [1.29, 1.82) is 0 Å². The van der Waals surface area contributed by atoms with Crippen LogP contribution in [0.2, 0.25) is 0 Å². The zero-order valence-corrected chi connectivity index (χ0v) is 13.7. The monoisotopic (exact) mass is 334 g/mol. The van der Waals surface area contributed by atoms with E-state index in [2.05, 4.69) is 0 Å². The molecular formula is C20H14O5. The number of aryl methyl sites for hydroxylation is 2.